The van der Waals surface area contributed by atoms with Gasteiger partial charge in [0.1, 0.15) is 13.2 Å². The fourth-order valence-corrected chi connectivity index (χ4v) is 2.30. The summed E-state index contributed by atoms with van der Waals surface area (Å²) in [6.45, 7) is 2.22. The Morgan fingerprint density at radius 1 is 1.26 bits per heavy atom. The predicted molar refractivity (Wildman–Crippen MR) is 68.5 cm³/mol. The molecule has 0 bridgehead atoms. The minimum Gasteiger partial charge on any atom is -0.486 e. The van der Waals surface area contributed by atoms with Crippen LogP contribution in [0.25, 0.3) is 0 Å². The third kappa shape index (κ3) is 2.75. The maximum Gasteiger partial charge on any atom is 0.409 e. The van der Waals surface area contributed by atoms with Crippen LogP contribution < -0.4 is 9.47 Å². The van der Waals surface area contributed by atoms with Crippen molar-refractivity contribution in [2.75, 3.05) is 26.3 Å². The molecule has 1 aromatic carbocycles. The summed E-state index contributed by atoms with van der Waals surface area (Å²) in [6.07, 6.45) is 1.64. The Morgan fingerprint density at radius 3 is 2.79 bits per heavy atom. The molecule has 1 aromatic rings. The van der Waals surface area contributed by atoms with Crippen LogP contribution >= 0.6 is 0 Å². The molecule has 1 unspecified atom stereocenters. The van der Waals surface area contributed by atoms with Gasteiger partial charge in [0.25, 0.3) is 0 Å². The second-order valence-corrected chi connectivity index (χ2v) is 4.77. The number of benzene rings is 1. The van der Waals surface area contributed by atoms with Crippen molar-refractivity contribution in [3.05, 3.63) is 24.3 Å². The zero-order valence-electron chi connectivity index (χ0n) is 10.7. The first kappa shape index (κ1) is 12.1. The second-order valence-electron chi connectivity index (χ2n) is 4.77. The van der Waals surface area contributed by atoms with Crippen LogP contribution in [-0.2, 0) is 4.74 Å². The molecule has 2 aliphatic heterocycles. The maximum atomic E-state index is 11.7. The van der Waals surface area contributed by atoms with Crippen molar-refractivity contribution >= 4 is 6.09 Å². The standard InChI is InChI=1S/C14H17NO4/c16-14(15-7-3-4-8-15)18-10-11-9-17-12-5-1-2-6-13(12)19-11/h1-2,5-6,11H,3-4,7-10H2. The van der Waals surface area contributed by atoms with E-state index < -0.39 is 0 Å². The van der Waals surface area contributed by atoms with Crippen molar-refractivity contribution in [1.82, 2.24) is 4.90 Å². The third-order valence-electron chi connectivity index (χ3n) is 3.32. The Labute approximate surface area is 112 Å². The zero-order chi connectivity index (χ0) is 13.1. The number of fused-ring (bicyclic) bond motifs is 1. The fraction of sp³-hybridized carbons (Fsp3) is 0.500. The lowest BCUT2D eigenvalue weighted by Crippen LogP contribution is -2.37. The van der Waals surface area contributed by atoms with Gasteiger partial charge in [0.15, 0.2) is 17.6 Å². The molecule has 5 heteroatoms. The highest BCUT2D eigenvalue weighted by Crippen LogP contribution is 2.30. The van der Waals surface area contributed by atoms with Gasteiger partial charge in [-0.25, -0.2) is 4.79 Å². The van der Waals surface area contributed by atoms with Crippen LogP contribution in [0.4, 0.5) is 4.79 Å². The van der Waals surface area contributed by atoms with E-state index in [1.165, 1.54) is 0 Å². The molecule has 0 N–H and O–H groups in total. The molecular formula is C14H17NO4. The first-order chi connectivity index (χ1) is 9.33. The molecule has 2 heterocycles. The van der Waals surface area contributed by atoms with E-state index in [0.29, 0.717) is 12.4 Å². The van der Waals surface area contributed by atoms with Crippen LogP contribution in [0.3, 0.4) is 0 Å². The summed E-state index contributed by atoms with van der Waals surface area (Å²) >= 11 is 0. The summed E-state index contributed by atoms with van der Waals surface area (Å²) in [5.74, 6) is 1.44. The molecule has 3 rings (SSSR count). The first-order valence-electron chi connectivity index (χ1n) is 6.63. The number of para-hydroxylation sites is 2. The van der Waals surface area contributed by atoms with Crippen LogP contribution in [0.2, 0.25) is 0 Å². The van der Waals surface area contributed by atoms with Crippen molar-refractivity contribution in [3.63, 3.8) is 0 Å². The molecule has 0 aromatic heterocycles. The predicted octanol–water partition coefficient (Wildman–Crippen LogP) is 2.06. The van der Waals surface area contributed by atoms with Crippen molar-refractivity contribution < 1.29 is 19.0 Å². The molecule has 102 valence electrons. The molecule has 1 amide bonds. The smallest absolute Gasteiger partial charge is 0.409 e. The molecular weight excluding hydrogens is 246 g/mol. The molecule has 0 saturated carbocycles. The number of rotatable bonds is 2. The van der Waals surface area contributed by atoms with E-state index in [0.717, 1.165) is 31.7 Å². The summed E-state index contributed by atoms with van der Waals surface area (Å²) < 4.78 is 16.6. The molecule has 5 nitrogen and oxygen atoms in total. The quantitative estimate of drug-likeness (QED) is 0.819. The van der Waals surface area contributed by atoms with Gasteiger partial charge in [0.2, 0.25) is 0 Å². The Hall–Kier alpha value is -1.91. The van der Waals surface area contributed by atoms with E-state index in [1.54, 1.807) is 4.90 Å². The minimum atomic E-state index is -0.250. The summed E-state index contributed by atoms with van der Waals surface area (Å²) in [5.41, 5.74) is 0. The van der Waals surface area contributed by atoms with Crippen LogP contribution in [0.5, 0.6) is 11.5 Å². The summed E-state index contributed by atoms with van der Waals surface area (Å²) in [4.78, 5) is 13.5. The van der Waals surface area contributed by atoms with Gasteiger partial charge in [-0.2, -0.15) is 0 Å². The topological polar surface area (TPSA) is 48.0 Å². The lowest BCUT2D eigenvalue weighted by Gasteiger charge is -2.26. The van der Waals surface area contributed by atoms with Gasteiger partial charge >= 0.3 is 6.09 Å². The second kappa shape index (κ2) is 5.38. The molecule has 0 spiro atoms. The van der Waals surface area contributed by atoms with E-state index in [4.69, 9.17) is 14.2 Å². The molecule has 0 aliphatic carbocycles. The van der Waals surface area contributed by atoms with Crippen molar-refractivity contribution in [1.29, 1.82) is 0 Å². The molecule has 1 fully saturated rings. The molecule has 1 saturated heterocycles. The van der Waals surface area contributed by atoms with Gasteiger partial charge in [-0.05, 0) is 25.0 Å². The van der Waals surface area contributed by atoms with Gasteiger partial charge in [-0.1, -0.05) is 12.1 Å². The number of carbonyl (C=O) groups excluding carboxylic acids is 1. The largest absolute Gasteiger partial charge is 0.486 e. The number of amides is 1. The average molecular weight is 263 g/mol. The Bertz CT molecular complexity index is 457. The highest BCUT2D eigenvalue weighted by Gasteiger charge is 2.24. The van der Waals surface area contributed by atoms with Crippen molar-refractivity contribution in [2.45, 2.75) is 18.9 Å². The SMILES string of the molecule is O=C(OCC1COc2ccccc2O1)N1CCCC1. The monoisotopic (exact) mass is 263 g/mol. The molecule has 2 aliphatic rings. The van der Waals surface area contributed by atoms with Gasteiger partial charge < -0.3 is 19.1 Å². The van der Waals surface area contributed by atoms with E-state index in [2.05, 4.69) is 0 Å². The number of hydrogen-bond acceptors (Lipinski definition) is 4. The number of ether oxygens (including phenoxy) is 3. The van der Waals surface area contributed by atoms with E-state index in [-0.39, 0.29) is 18.8 Å². The number of hydrogen-bond donors (Lipinski definition) is 0. The van der Waals surface area contributed by atoms with Crippen molar-refractivity contribution in [3.8, 4) is 11.5 Å². The Kier molecular flexibility index (Phi) is 3.44. The Balaban J connectivity index is 1.50. The van der Waals surface area contributed by atoms with Gasteiger partial charge in [0, 0.05) is 13.1 Å². The molecule has 0 radical (unpaired) electrons. The number of nitrogens with zero attached hydrogens (tertiary/aromatic N) is 1. The van der Waals surface area contributed by atoms with E-state index in [1.807, 2.05) is 24.3 Å². The van der Waals surface area contributed by atoms with E-state index >= 15 is 0 Å². The van der Waals surface area contributed by atoms with Gasteiger partial charge in [-0.3, -0.25) is 0 Å². The summed E-state index contributed by atoms with van der Waals surface area (Å²) in [7, 11) is 0. The lowest BCUT2D eigenvalue weighted by atomic mass is 10.3. The third-order valence-corrected chi connectivity index (χ3v) is 3.32. The summed E-state index contributed by atoms with van der Waals surface area (Å²) in [5, 5.41) is 0. The van der Waals surface area contributed by atoms with E-state index in [9.17, 15) is 4.79 Å². The van der Waals surface area contributed by atoms with Crippen molar-refractivity contribution in [2.24, 2.45) is 0 Å². The minimum absolute atomic E-state index is 0.226. The average Bonchev–Trinajstić information content (AvgIpc) is 2.99. The summed E-state index contributed by atoms with van der Waals surface area (Å²) in [6, 6.07) is 7.50. The molecule has 1 atom stereocenters. The first-order valence-corrected chi connectivity index (χ1v) is 6.63. The maximum absolute atomic E-state index is 11.7. The lowest BCUT2D eigenvalue weighted by molar-refractivity contribution is 0.0239. The fourth-order valence-electron chi connectivity index (χ4n) is 2.30. The van der Waals surface area contributed by atoms with Crippen LogP contribution in [0.15, 0.2) is 24.3 Å². The number of carbonyl (C=O) groups is 1. The van der Waals surface area contributed by atoms with Crippen LogP contribution in [-0.4, -0.2) is 43.4 Å². The van der Waals surface area contributed by atoms with Crippen LogP contribution in [0.1, 0.15) is 12.8 Å². The highest BCUT2D eigenvalue weighted by molar-refractivity contribution is 5.67. The van der Waals surface area contributed by atoms with Gasteiger partial charge in [-0.15, -0.1) is 0 Å². The Morgan fingerprint density at radius 2 is 2.00 bits per heavy atom. The highest BCUT2D eigenvalue weighted by atomic mass is 16.6. The number of likely N-dealkylation sites (tertiary alicyclic amines) is 1. The molecule has 19 heavy (non-hydrogen) atoms. The normalized spacial score (nSPS) is 21.3. The van der Waals surface area contributed by atoms with Gasteiger partial charge in [0.05, 0.1) is 0 Å². The zero-order valence-corrected chi connectivity index (χ0v) is 10.7. The van der Waals surface area contributed by atoms with Crippen LogP contribution in [0, 0.1) is 0 Å².